The lowest BCUT2D eigenvalue weighted by molar-refractivity contribution is -0.139. The molecule has 0 saturated carbocycles. The molecule has 1 aliphatic rings. The van der Waals surface area contributed by atoms with Gasteiger partial charge in [-0.1, -0.05) is 37.6 Å². The molecule has 3 aromatic rings. The first kappa shape index (κ1) is 25.3. The molecule has 0 bridgehead atoms. The molecule has 2 aromatic carbocycles. The van der Waals surface area contributed by atoms with E-state index >= 15 is 0 Å². The van der Waals surface area contributed by atoms with Gasteiger partial charge in [0.1, 0.15) is 11.8 Å². The summed E-state index contributed by atoms with van der Waals surface area (Å²) in [7, 11) is 1.59. The third kappa shape index (κ3) is 5.08. The molecular weight excluding hydrogens is 460 g/mol. The molecule has 180 valence electrons. The lowest BCUT2D eigenvalue weighted by atomic mass is 9.81. The maximum Gasteiger partial charge on any atom is 0.320 e. The second kappa shape index (κ2) is 10.3. The number of ketones is 1. The van der Waals surface area contributed by atoms with Crippen LogP contribution in [0.15, 0.2) is 47.3 Å². The van der Waals surface area contributed by atoms with Gasteiger partial charge in [0.25, 0.3) is 0 Å². The number of Topliss-reactive ketones (excluding diaryl/α,β-unsaturated/α-hetero) is 1. The van der Waals surface area contributed by atoms with Gasteiger partial charge in [0.2, 0.25) is 5.43 Å². The highest BCUT2D eigenvalue weighted by Crippen LogP contribution is 2.33. The molecule has 34 heavy (non-hydrogen) atoms. The molecule has 4 N–H and O–H groups in total. The van der Waals surface area contributed by atoms with E-state index in [1.165, 1.54) is 6.07 Å². The molecule has 0 spiro atoms. The standard InChI is InChI=1S/C20H16ClNO4.C5H11NO2/c1-26-14-5-2-11(3-6-14)12-8-17-19(18(23)9-12)20(24)15-10-13(21)4-7-16(15)22(17)25;1-3(2)4(6)5(7)8/h2-7,10,12,25H,8-9H2,1H3;3-4H,6H2,1-2H3,(H,7,8)/t;4-/m.0/s1. The second-order valence-electron chi connectivity index (χ2n) is 8.53. The Balaban J connectivity index is 0.000000350. The van der Waals surface area contributed by atoms with E-state index in [4.69, 9.17) is 27.2 Å². The van der Waals surface area contributed by atoms with Crippen LogP contribution in [0.3, 0.4) is 0 Å². The summed E-state index contributed by atoms with van der Waals surface area (Å²) in [6, 6.07) is 11.4. The Morgan fingerprint density at radius 1 is 1.15 bits per heavy atom. The van der Waals surface area contributed by atoms with Crippen molar-refractivity contribution in [2.24, 2.45) is 11.7 Å². The van der Waals surface area contributed by atoms with E-state index in [-0.39, 0.29) is 40.4 Å². The van der Waals surface area contributed by atoms with Crippen molar-refractivity contribution >= 4 is 34.3 Å². The number of hydrogen-bond donors (Lipinski definition) is 3. The lowest BCUT2D eigenvalue weighted by Gasteiger charge is -2.25. The first-order chi connectivity index (χ1) is 16.0. The first-order valence-corrected chi connectivity index (χ1v) is 11.1. The minimum Gasteiger partial charge on any atom is -0.497 e. The maximum atomic E-state index is 12.8. The minimum atomic E-state index is -0.931. The quantitative estimate of drug-likeness (QED) is 0.477. The van der Waals surface area contributed by atoms with Gasteiger partial charge in [-0.05, 0) is 54.2 Å². The Morgan fingerprint density at radius 2 is 1.79 bits per heavy atom. The molecular formula is C25H27ClN2O6. The minimum absolute atomic E-state index is 0.0208. The van der Waals surface area contributed by atoms with Crippen molar-refractivity contribution in [1.29, 1.82) is 0 Å². The van der Waals surface area contributed by atoms with Crippen molar-refractivity contribution in [3.63, 3.8) is 0 Å². The fraction of sp³-hybridized carbons (Fsp3) is 0.320. The van der Waals surface area contributed by atoms with Crippen LogP contribution in [0.25, 0.3) is 10.9 Å². The van der Waals surface area contributed by atoms with Gasteiger partial charge in [-0.15, -0.1) is 0 Å². The number of methoxy groups -OCH3 is 1. The van der Waals surface area contributed by atoms with E-state index in [9.17, 15) is 19.6 Å². The summed E-state index contributed by atoms with van der Waals surface area (Å²) in [5.41, 5.74) is 6.51. The molecule has 0 fully saturated rings. The number of benzene rings is 2. The number of nitrogens with two attached hydrogens (primary N) is 1. The number of aromatic nitrogens is 1. The number of hydrogen-bond acceptors (Lipinski definition) is 6. The van der Waals surface area contributed by atoms with Crippen LogP contribution in [0, 0.1) is 5.92 Å². The average molecular weight is 487 g/mol. The summed E-state index contributed by atoms with van der Waals surface area (Å²) in [5.74, 6) is -0.545. The molecule has 0 saturated heterocycles. The van der Waals surface area contributed by atoms with Gasteiger partial charge >= 0.3 is 5.97 Å². The summed E-state index contributed by atoms with van der Waals surface area (Å²) in [6.07, 6.45) is 0.623. The van der Waals surface area contributed by atoms with Crippen molar-refractivity contribution in [3.05, 3.63) is 74.5 Å². The predicted molar refractivity (Wildman–Crippen MR) is 129 cm³/mol. The van der Waals surface area contributed by atoms with Crippen molar-refractivity contribution in [3.8, 4) is 5.75 Å². The third-order valence-corrected chi connectivity index (χ3v) is 6.18. The zero-order valence-electron chi connectivity index (χ0n) is 19.1. The van der Waals surface area contributed by atoms with E-state index in [1.807, 2.05) is 24.3 Å². The van der Waals surface area contributed by atoms with Gasteiger partial charge in [0.05, 0.1) is 29.3 Å². The Kier molecular flexibility index (Phi) is 7.64. The van der Waals surface area contributed by atoms with Crippen LogP contribution >= 0.6 is 11.6 Å². The number of pyridine rings is 1. The fourth-order valence-corrected chi connectivity index (χ4v) is 4.07. The number of carboxylic acid groups (broad SMARTS) is 1. The second-order valence-corrected chi connectivity index (χ2v) is 8.97. The number of nitrogens with zero attached hydrogens (tertiary/aromatic N) is 1. The zero-order chi connectivity index (χ0) is 25.2. The molecule has 9 heteroatoms. The largest absolute Gasteiger partial charge is 0.497 e. The average Bonchev–Trinajstić information content (AvgIpc) is 2.81. The fourth-order valence-electron chi connectivity index (χ4n) is 3.90. The normalized spacial score (nSPS) is 15.9. The molecule has 8 nitrogen and oxygen atoms in total. The SMILES string of the molecule is CC(C)[C@H](N)C(=O)O.COc1ccc(C2CC(=O)c3c(n(O)c4ccc(Cl)cc4c3=O)C2)cc1. The number of carbonyl (C=O) groups is 2. The lowest BCUT2D eigenvalue weighted by Crippen LogP contribution is -2.34. The smallest absolute Gasteiger partial charge is 0.320 e. The Labute approximate surface area is 201 Å². The van der Waals surface area contributed by atoms with Gasteiger partial charge in [0.15, 0.2) is 5.78 Å². The summed E-state index contributed by atoms with van der Waals surface area (Å²) < 4.78 is 6.12. The van der Waals surface area contributed by atoms with Crippen LogP contribution in [-0.2, 0) is 11.2 Å². The number of carboxylic acids is 1. The summed E-state index contributed by atoms with van der Waals surface area (Å²) >= 11 is 5.97. The van der Waals surface area contributed by atoms with Gasteiger partial charge in [-0.3, -0.25) is 14.4 Å². The first-order valence-electron chi connectivity index (χ1n) is 10.8. The molecule has 4 rings (SSSR count). The number of rotatable bonds is 4. The molecule has 0 aliphatic heterocycles. The van der Waals surface area contributed by atoms with Crippen LogP contribution in [0.1, 0.15) is 47.8 Å². The number of ether oxygens (including phenoxy) is 1. The van der Waals surface area contributed by atoms with Gasteiger partial charge < -0.3 is 20.8 Å². The highest BCUT2D eigenvalue weighted by molar-refractivity contribution is 6.31. The van der Waals surface area contributed by atoms with E-state index in [0.29, 0.717) is 22.7 Å². The van der Waals surface area contributed by atoms with E-state index in [0.717, 1.165) is 16.0 Å². The molecule has 1 aliphatic carbocycles. The van der Waals surface area contributed by atoms with Crippen LogP contribution in [0.5, 0.6) is 5.75 Å². The highest BCUT2D eigenvalue weighted by Gasteiger charge is 2.32. The van der Waals surface area contributed by atoms with Crippen LogP contribution in [0.2, 0.25) is 5.02 Å². The monoisotopic (exact) mass is 486 g/mol. The molecule has 0 amide bonds. The molecule has 1 aromatic heterocycles. The topological polar surface area (TPSA) is 132 Å². The Morgan fingerprint density at radius 3 is 2.32 bits per heavy atom. The van der Waals surface area contributed by atoms with E-state index < -0.39 is 12.0 Å². The molecule has 2 atom stereocenters. The van der Waals surface area contributed by atoms with Crippen molar-refractivity contribution in [2.75, 3.05) is 7.11 Å². The molecule has 1 heterocycles. The van der Waals surface area contributed by atoms with Crippen LogP contribution in [-0.4, -0.2) is 39.9 Å². The number of aliphatic carboxylic acids is 1. The van der Waals surface area contributed by atoms with Crippen molar-refractivity contribution < 1.29 is 24.6 Å². The zero-order valence-corrected chi connectivity index (χ0v) is 19.9. The summed E-state index contributed by atoms with van der Waals surface area (Å²) in [6.45, 7) is 3.55. The number of carbonyl (C=O) groups excluding carboxylic acids is 1. The predicted octanol–water partition coefficient (Wildman–Crippen LogP) is 3.87. The van der Waals surface area contributed by atoms with E-state index in [2.05, 4.69) is 0 Å². The summed E-state index contributed by atoms with van der Waals surface area (Å²) in [4.78, 5) is 35.5. The Bertz CT molecular complexity index is 1280. The summed E-state index contributed by atoms with van der Waals surface area (Å²) in [5, 5.41) is 19.5. The van der Waals surface area contributed by atoms with Gasteiger partial charge in [-0.2, -0.15) is 4.73 Å². The van der Waals surface area contributed by atoms with Crippen LogP contribution in [0.4, 0.5) is 0 Å². The van der Waals surface area contributed by atoms with Gasteiger partial charge in [0, 0.05) is 11.4 Å². The molecule has 0 radical (unpaired) electrons. The van der Waals surface area contributed by atoms with Crippen LogP contribution < -0.4 is 15.9 Å². The third-order valence-electron chi connectivity index (χ3n) is 5.94. The van der Waals surface area contributed by atoms with Crippen molar-refractivity contribution in [2.45, 2.75) is 38.6 Å². The number of fused-ring (bicyclic) bond motifs is 2. The van der Waals surface area contributed by atoms with Crippen molar-refractivity contribution in [1.82, 2.24) is 4.73 Å². The maximum absolute atomic E-state index is 12.8. The van der Waals surface area contributed by atoms with Gasteiger partial charge in [-0.25, -0.2) is 0 Å². The Hall–Kier alpha value is -3.36. The highest BCUT2D eigenvalue weighted by atomic mass is 35.5. The molecule has 1 unspecified atom stereocenters. The number of halogens is 1. The van der Waals surface area contributed by atoms with E-state index in [1.54, 1.807) is 33.1 Å².